The maximum absolute atomic E-state index is 11.3. The summed E-state index contributed by atoms with van der Waals surface area (Å²) in [6, 6.07) is 0. The molecule has 2 heterocycles. The van der Waals surface area contributed by atoms with Crippen LogP contribution in [-0.2, 0) is 4.74 Å². The minimum atomic E-state index is -0.442. The Kier molecular flexibility index (Phi) is 6.95. The van der Waals surface area contributed by atoms with Crippen molar-refractivity contribution in [3.05, 3.63) is 16.4 Å². The van der Waals surface area contributed by atoms with Gasteiger partial charge in [0.15, 0.2) is 0 Å². The predicted molar refractivity (Wildman–Crippen MR) is 87.8 cm³/mol. The van der Waals surface area contributed by atoms with Gasteiger partial charge in [-0.05, 0) is 19.4 Å². The lowest BCUT2D eigenvalue weighted by atomic mass is 10.3. The second-order valence-corrected chi connectivity index (χ2v) is 5.34. The van der Waals surface area contributed by atoms with Gasteiger partial charge < -0.3 is 15.4 Å². The van der Waals surface area contributed by atoms with Gasteiger partial charge in [0.25, 0.3) is 0 Å². The Morgan fingerprint density at radius 3 is 2.52 bits per heavy atom. The largest absolute Gasteiger partial charge is 0.379 e. The molecule has 0 aromatic carbocycles. The van der Waals surface area contributed by atoms with Crippen LogP contribution in [0.25, 0.3) is 0 Å². The third-order valence-corrected chi connectivity index (χ3v) is 3.59. The first-order valence-corrected chi connectivity index (χ1v) is 7.99. The monoisotopic (exact) mass is 324 g/mol. The molecule has 1 aliphatic heterocycles. The fourth-order valence-corrected chi connectivity index (χ4v) is 2.39. The van der Waals surface area contributed by atoms with E-state index in [1.54, 1.807) is 0 Å². The van der Waals surface area contributed by atoms with Crippen molar-refractivity contribution in [2.24, 2.45) is 0 Å². The summed E-state index contributed by atoms with van der Waals surface area (Å²) in [5.41, 5.74) is -0.0904. The van der Waals surface area contributed by atoms with Gasteiger partial charge in [0, 0.05) is 26.2 Å². The zero-order chi connectivity index (χ0) is 16.5. The molecule has 23 heavy (non-hydrogen) atoms. The standard InChI is InChI=1S/C14H24N6O3/c1-2-4-15-13-12(20(21)22)14(18-11-17-13)16-5-3-6-19-7-9-23-10-8-19/h11H,2-10H2,1H3,(H2,15,16,17,18). The first-order chi connectivity index (χ1) is 11.2. The van der Waals surface area contributed by atoms with E-state index in [0.717, 1.165) is 45.7 Å². The Morgan fingerprint density at radius 2 is 1.91 bits per heavy atom. The maximum atomic E-state index is 11.3. The van der Waals surface area contributed by atoms with Crippen molar-refractivity contribution < 1.29 is 9.66 Å². The second kappa shape index (κ2) is 9.21. The molecule has 9 heteroatoms. The third kappa shape index (κ3) is 5.29. The van der Waals surface area contributed by atoms with Crippen LogP contribution in [0.5, 0.6) is 0 Å². The highest BCUT2D eigenvalue weighted by atomic mass is 16.6. The molecule has 0 bridgehead atoms. The van der Waals surface area contributed by atoms with E-state index in [2.05, 4.69) is 25.5 Å². The molecule has 1 saturated heterocycles. The van der Waals surface area contributed by atoms with Crippen LogP contribution < -0.4 is 10.6 Å². The molecule has 0 atom stereocenters. The molecule has 2 N–H and O–H groups in total. The Balaban J connectivity index is 1.89. The molecule has 0 unspecified atom stereocenters. The average Bonchev–Trinajstić information content (AvgIpc) is 2.57. The van der Waals surface area contributed by atoms with Gasteiger partial charge in [0.1, 0.15) is 6.33 Å². The third-order valence-electron chi connectivity index (χ3n) is 3.59. The maximum Gasteiger partial charge on any atom is 0.353 e. The molecular weight excluding hydrogens is 300 g/mol. The summed E-state index contributed by atoms with van der Waals surface area (Å²) < 4.78 is 5.31. The van der Waals surface area contributed by atoms with Gasteiger partial charge in [0.05, 0.1) is 18.1 Å². The molecular formula is C14H24N6O3. The molecule has 0 radical (unpaired) electrons. The van der Waals surface area contributed by atoms with Crippen molar-refractivity contribution in [2.75, 3.05) is 56.6 Å². The molecule has 9 nitrogen and oxygen atoms in total. The molecule has 1 aliphatic rings. The van der Waals surface area contributed by atoms with Crippen molar-refractivity contribution in [1.29, 1.82) is 0 Å². The second-order valence-electron chi connectivity index (χ2n) is 5.34. The zero-order valence-corrected chi connectivity index (χ0v) is 13.5. The van der Waals surface area contributed by atoms with E-state index in [-0.39, 0.29) is 17.3 Å². The summed E-state index contributed by atoms with van der Waals surface area (Å²) in [5, 5.41) is 17.3. The number of hydrogen-bond acceptors (Lipinski definition) is 8. The summed E-state index contributed by atoms with van der Waals surface area (Å²) in [4.78, 5) is 21.2. The topological polar surface area (TPSA) is 105 Å². The van der Waals surface area contributed by atoms with Crippen LogP contribution >= 0.6 is 0 Å². The molecule has 0 aliphatic carbocycles. The average molecular weight is 324 g/mol. The van der Waals surface area contributed by atoms with Gasteiger partial charge in [-0.3, -0.25) is 15.0 Å². The minimum absolute atomic E-state index is 0.0904. The van der Waals surface area contributed by atoms with E-state index in [1.165, 1.54) is 6.33 Å². The van der Waals surface area contributed by atoms with Gasteiger partial charge in [0.2, 0.25) is 11.6 Å². The van der Waals surface area contributed by atoms with Crippen molar-refractivity contribution in [1.82, 2.24) is 14.9 Å². The molecule has 128 valence electrons. The van der Waals surface area contributed by atoms with E-state index < -0.39 is 4.92 Å². The van der Waals surface area contributed by atoms with E-state index in [4.69, 9.17) is 4.74 Å². The number of aromatic nitrogens is 2. The summed E-state index contributed by atoms with van der Waals surface area (Å²) in [7, 11) is 0. The van der Waals surface area contributed by atoms with Gasteiger partial charge in [-0.25, -0.2) is 9.97 Å². The highest BCUT2D eigenvalue weighted by molar-refractivity contribution is 5.69. The van der Waals surface area contributed by atoms with Crippen LogP contribution in [0.3, 0.4) is 0 Å². The quantitative estimate of drug-likeness (QED) is 0.398. The highest BCUT2D eigenvalue weighted by Gasteiger charge is 2.22. The van der Waals surface area contributed by atoms with E-state index in [0.29, 0.717) is 13.1 Å². The first-order valence-electron chi connectivity index (χ1n) is 7.99. The van der Waals surface area contributed by atoms with Crippen LogP contribution in [0.15, 0.2) is 6.33 Å². The Hall–Kier alpha value is -2.00. The summed E-state index contributed by atoms with van der Waals surface area (Å²) in [6.45, 7) is 7.63. The van der Waals surface area contributed by atoms with Crippen LogP contribution in [0.1, 0.15) is 19.8 Å². The lowest BCUT2D eigenvalue weighted by molar-refractivity contribution is -0.383. The molecule has 1 fully saturated rings. The van der Waals surface area contributed by atoms with Crippen LogP contribution in [0.2, 0.25) is 0 Å². The lowest BCUT2D eigenvalue weighted by Gasteiger charge is -2.26. The van der Waals surface area contributed by atoms with Crippen LogP contribution in [0, 0.1) is 10.1 Å². The Bertz CT molecular complexity index is 507. The predicted octanol–water partition coefficient (Wildman–Crippen LogP) is 1.34. The van der Waals surface area contributed by atoms with Gasteiger partial charge in [-0.2, -0.15) is 0 Å². The van der Waals surface area contributed by atoms with Crippen molar-refractivity contribution >= 4 is 17.3 Å². The number of hydrogen-bond donors (Lipinski definition) is 2. The van der Waals surface area contributed by atoms with Crippen LogP contribution in [-0.4, -0.2) is 65.7 Å². The first kappa shape index (κ1) is 17.4. The van der Waals surface area contributed by atoms with Gasteiger partial charge >= 0.3 is 5.69 Å². The van der Waals surface area contributed by atoms with E-state index >= 15 is 0 Å². The van der Waals surface area contributed by atoms with Crippen LogP contribution in [0.4, 0.5) is 17.3 Å². The summed E-state index contributed by atoms with van der Waals surface area (Å²) in [5.74, 6) is 0.535. The summed E-state index contributed by atoms with van der Waals surface area (Å²) >= 11 is 0. The fourth-order valence-electron chi connectivity index (χ4n) is 2.39. The molecule has 0 amide bonds. The number of ether oxygens (including phenoxy) is 1. The van der Waals surface area contributed by atoms with Crippen molar-refractivity contribution in [2.45, 2.75) is 19.8 Å². The van der Waals surface area contributed by atoms with E-state index in [9.17, 15) is 10.1 Å². The van der Waals surface area contributed by atoms with Crippen molar-refractivity contribution in [3.63, 3.8) is 0 Å². The highest BCUT2D eigenvalue weighted by Crippen LogP contribution is 2.28. The lowest BCUT2D eigenvalue weighted by Crippen LogP contribution is -2.37. The molecule has 2 rings (SSSR count). The number of nitrogens with one attached hydrogen (secondary N) is 2. The number of nitrogens with zero attached hydrogens (tertiary/aromatic N) is 4. The van der Waals surface area contributed by atoms with Crippen molar-refractivity contribution in [3.8, 4) is 0 Å². The summed E-state index contributed by atoms with van der Waals surface area (Å²) in [6.07, 6.45) is 3.09. The molecule has 1 aromatic rings. The molecule has 0 saturated carbocycles. The zero-order valence-electron chi connectivity index (χ0n) is 13.5. The normalized spacial score (nSPS) is 15.3. The van der Waals surface area contributed by atoms with E-state index in [1.807, 2.05) is 6.92 Å². The Morgan fingerprint density at radius 1 is 1.26 bits per heavy atom. The SMILES string of the molecule is CCCNc1ncnc(NCCCN2CCOCC2)c1[N+](=O)[O-]. The minimum Gasteiger partial charge on any atom is -0.379 e. The number of nitro groups is 1. The molecule has 0 spiro atoms. The fraction of sp³-hybridized carbons (Fsp3) is 0.714. The Labute approximate surface area is 135 Å². The van der Waals surface area contributed by atoms with Gasteiger partial charge in [-0.1, -0.05) is 6.92 Å². The number of morpholine rings is 1. The molecule has 1 aromatic heterocycles. The smallest absolute Gasteiger partial charge is 0.353 e. The number of rotatable bonds is 9. The number of anilines is 2. The van der Waals surface area contributed by atoms with Gasteiger partial charge in [-0.15, -0.1) is 0 Å².